The Balaban J connectivity index is 1.58. The van der Waals surface area contributed by atoms with Crippen LogP contribution >= 0.6 is 0 Å². The van der Waals surface area contributed by atoms with Gasteiger partial charge in [-0.25, -0.2) is 4.98 Å². The fourth-order valence-electron chi connectivity index (χ4n) is 4.47. The van der Waals surface area contributed by atoms with E-state index in [0.717, 1.165) is 47.6 Å². The smallest absolute Gasteiger partial charge is 0.187 e. The van der Waals surface area contributed by atoms with Gasteiger partial charge in [-0.3, -0.25) is 9.30 Å². The second-order valence-corrected chi connectivity index (χ2v) is 8.70. The van der Waals surface area contributed by atoms with E-state index in [1.807, 2.05) is 12.1 Å². The highest BCUT2D eigenvalue weighted by Gasteiger charge is 2.25. The van der Waals surface area contributed by atoms with Crippen LogP contribution in [0.25, 0.3) is 28.1 Å². The van der Waals surface area contributed by atoms with Crippen molar-refractivity contribution in [2.24, 2.45) is 5.73 Å². The molecule has 0 amide bonds. The molecule has 2 N–H and O–H groups in total. The third kappa shape index (κ3) is 3.26. The SMILES string of the molecule is CC(C)c1cccc2ccc(-c3nnc4ccc(C(C)N5CCC(N)C5)cn34)nc12. The van der Waals surface area contributed by atoms with Gasteiger partial charge in [0.15, 0.2) is 11.5 Å². The minimum absolute atomic E-state index is 0.276. The van der Waals surface area contributed by atoms with Gasteiger partial charge in [0, 0.05) is 36.8 Å². The van der Waals surface area contributed by atoms with Crippen molar-refractivity contribution in [3.05, 3.63) is 59.8 Å². The standard InChI is InChI=1S/C24H28N6/c1-15(2)20-6-4-5-17-7-9-21(26-23(17)20)24-28-27-22-10-8-18(13-30(22)24)16(3)29-12-11-19(25)14-29/h4-10,13,15-16,19H,11-12,14,25H2,1-3H3. The molecule has 2 unspecified atom stereocenters. The lowest BCUT2D eigenvalue weighted by atomic mass is 9.99. The van der Waals surface area contributed by atoms with Crippen LogP contribution in [0.5, 0.6) is 0 Å². The molecule has 2 atom stereocenters. The molecule has 1 aliphatic heterocycles. The Morgan fingerprint density at radius 1 is 1.03 bits per heavy atom. The molecule has 154 valence electrons. The summed E-state index contributed by atoms with van der Waals surface area (Å²) in [5.41, 5.74) is 11.3. The van der Waals surface area contributed by atoms with Gasteiger partial charge in [-0.2, -0.15) is 0 Å². The van der Waals surface area contributed by atoms with Crippen molar-refractivity contribution < 1.29 is 0 Å². The Morgan fingerprint density at radius 3 is 2.67 bits per heavy atom. The van der Waals surface area contributed by atoms with Gasteiger partial charge in [0.25, 0.3) is 0 Å². The summed E-state index contributed by atoms with van der Waals surface area (Å²) in [5, 5.41) is 10.0. The molecule has 6 heteroatoms. The second-order valence-electron chi connectivity index (χ2n) is 8.70. The van der Waals surface area contributed by atoms with Crippen molar-refractivity contribution in [3.63, 3.8) is 0 Å². The lowest BCUT2D eigenvalue weighted by Gasteiger charge is -2.24. The molecule has 4 heterocycles. The van der Waals surface area contributed by atoms with E-state index in [9.17, 15) is 0 Å². The maximum absolute atomic E-state index is 6.12. The summed E-state index contributed by atoms with van der Waals surface area (Å²) in [6, 6.07) is 15.3. The molecule has 1 saturated heterocycles. The molecule has 4 aromatic rings. The Labute approximate surface area is 176 Å². The number of aromatic nitrogens is 4. The molecule has 30 heavy (non-hydrogen) atoms. The van der Waals surface area contributed by atoms with Crippen LogP contribution in [0.15, 0.2) is 48.7 Å². The number of pyridine rings is 2. The number of rotatable bonds is 4. The number of likely N-dealkylation sites (tertiary alicyclic amines) is 1. The lowest BCUT2D eigenvalue weighted by Crippen LogP contribution is -2.28. The van der Waals surface area contributed by atoms with Gasteiger partial charge >= 0.3 is 0 Å². The molecule has 0 spiro atoms. The van der Waals surface area contributed by atoms with E-state index in [2.05, 4.69) is 76.8 Å². The molecule has 0 aliphatic carbocycles. The van der Waals surface area contributed by atoms with Crippen LogP contribution in [0.3, 0.4) is 0 Å². The number of nitrogens with zero attached hydrogens (tertiary/aromatic N) is 5. The fraction of sp³-hybridized carbons (Fsp3) is 0.375. The van der Waals surface area contributed by atoms with E-state index in [4.69, 9.17) is 10.7 Å². The first kappa shape index (κ1) is 19.2. The van der Waals surface area contributed by atoms with Crippen LogP contribution in [-0.2, 0) is 0 Å². The predicted molar refractivity (Wildman–Crippen MR) is 120 cm³/mol. The van der Waals surface area contributed by atoms with Crippen molar-refractivity contribution in [1.82, 2.24) is 24.5 Å². The maximum atomic E-state index is 6.12. The molecule has 0 saturated carbocycles. The first-order chi connectivity index (χ1) is 14.5. The normalized spacial score (nSPS) is 18.6. The van der Waals surface area contributed by atoms with Gasteiger partial charge in [0.1, 0.15) is 5.69 Å². The van der Waals surface area contributed by atoms with E-state index in [1.54, 1.807) is 0 Å². The topological polar surface area (TPSA) is 72.3 Å². The zero-order chi connectivity index (χ0) is 20.8. The summed E-state index contributed by atoms with van der Waals surface area (Å²) < 4.78 is 2.06. The quantitative estimate of drug-likeness (QED) is 0.557. The van der Waals surface area contributed by atoms with Crippen LogP contribution in [0.4, 0.5) is 0 Å². The largest absolute Gasteiger partial charge is 0.326 e. The highest BCUT2D eigenvalue weighted by Crippen LogP contribution is 2.28. The Morgan fingerprint density at radius 2 is 1.90 bits per heavy atom. The molecule has 0 radical (unpaired) electrons. The maximum Gasteiger partial charge on any atom is 0.187 e. The molecule has 1 fully saturated rings. The van der Waals surface area contributed by atoms with Crippen LogP contribution in [0.2, 0.25) is 0 Å². The minimum atomic E-state index is 0.276. The highest BCUT2D eigenvalue weighted by atomic mass is 15.3. The van der Waals surface area contributed by atoms with E-state index in [-0.39, 0.29) is 6.04 Å². The molecule has 6 nitrogen and oxygen atoms in total. The Hall–Kier alpha value is -2.83. The van der Waals surface area contributed by atoms with E-state index >= 15 is 0 Å². The summed E-state index contributed by atoms with van der Waals surface area (Å²) in [7, 11) is 0. The highest BCUT2D eigenvalue weighted by molar-refractivity contribution is 5.84. The zero-order valence-electron chi connectivity index (χ0n) is 17.8. The summed E-state index contributed by atoms with van der Waals surface area (Å²) >= 11 is 0. The number of benzene rings is 1. The van der Waals surface area contributed by atoms with Gasteiger partial charge in [0.2, 0.25) is 0 Å². The Kier molecular flexibility index (Phi) is 4.76. The third-order valence-electron chi connectivity index (χ3n) is 6.31. The number of hydrogen-bond acceptors (Lipinski definition) is 5. The van der Waals surface area contributed by atoms with Crippen molar-refractivity contribution in [2.45, 2.75) is 45.2 Å². The number of fused-ring (bicyclic) bond motifs is 2. The van der Waals surface area contributed by atoms with Gasteiger partial charge in [-0.1, -0.05) is 44.2 Å². The summed E-state index contributed by atoms with van der Waals surface area (Å²) in [4.78, 5) is 7.44. The molecular formula is C24H28N6. The molecule has 1 aromatic carbocycles. The Bertz CT molecular complexity index is 1210. The van der Waals surface area contributed by atoms with E-state index in [1.165, 1.54) is 11.1 Å². The molecule has 3 aromatic heterocycles. The van der Waals surface area contributed by atoms with Gasteiger partial charge in [0.05, 0.1) is 5.52 Å². The average molecular weight is 401 g/mol. The first-order valence-corrected chi connectivity index (χ1v) is 10.8. The number of hydrogen-bond donors (Lipinski definition) is 1. The minimum Gasteiger partial charge on any atom is -0.326 e. The van der Waals surface area contributed by atoms with Crippen molar-refractivity contribution >= 4 is 16.6 Å². The van der Waals surface area contributed by atoms with Crippen molar-refractivity contribution in [3.8, 4) is 11.5 Å². The van der Waals surface area contributed by atoms with Crippen LogP contribution in [0.1, 0.15) is 50.3 Å². The van der Waals surface area contributed by atoms with E-state index < -0.39 is 0 Å². The van der Waals surface area contributed by atoms with Crippen molar-refractivity contribution in [1.29, 1.82) is 0 Å². The first-order valence-electron chi connectivity index (χ1n) is 10.8. The van der Waals surface area contributed by atoms with Crippen molar-refractivity contribution in [2.75, 3.05) is 13.1 Å². The third-order valence-corrected chi connectivity index (χ3v) is 6.31. The van der Waals surface area contributed by atoms with Gasteiger partial charge < -0.3 is 5.73 Å². The van der Waals surface area contributed by atoms with Gasteiger partial charge in [-0.15, -0.1) is 10.2 Å². The monoisotopic (exact) mass is 400 g/mol. The van der Waals surface area contributed by atoms with Gasteiger partial charge in [-0.05, 0) is 42.5 Å². The lowest BCUT2D eigenvalue weighted by molar-refractivity contribution is 0.259. The molecule has 0 bridgehead atoms. The van der Waals surface area contributed by atoms with Crippen LogP contribution in [-0.4, -0.2) is 43.6 Å². The number of nitrogens with two attached hydrogens (primary N) is 1. The van der Waals surface area contributed by atoms with Crippen LogP contribution in [0, 0.1) is 0 Å². The molecule has 5 rings (SSSR count). The summed E-state index contributed by atoms with van der Waals surface area (Å²) in [5.74, 6) is 1.18. The summed E-state index contributed by atoms with van der Waals surface area (Å²) in [6.45, 7) is 8.63. The average Bonchev–Trinajstić information content (AvgIpc) is 3.38. The van der Waals surface area contributed by atoms with Crippen LogP contribution < -0.4 is 5.73 Å². The fourth-order valence-corrected chi connectivity index (χ4v) is 4.47. The summed E-state index contributed by atoms with van der Waals surface area (Å²) in [6.07, 6.45) is 3.21. The molecular weight excluding hydrogens is 372 g/mol. The predicted octanol–water partition coefficient (Wildman–Crippen LogP) is 4.16. The zero-order valence-corrected chi connectivity index (χ0v) is 17.8. The molecule has 1 aliphatic rings. The number of para-hydroxylation sites is 1. The van der Waals surface area contributed by atoms with E-state index in [0.29, 0.717) is 12.0 Å². The second kappa shape index (κ2) is 7.45.